The number of nitrogens with zero attached hydrogens (tertiary/aromatic N) is 2. The Kier molecular flexibility index (Phi) is 6.31. The third-order valence-corrected chi connectivity index (χ3v) is 6.08. The normalized spacial score (nSPS) is 13.6. The average Bonchev–Trinajstić information content (AvgIpc) is 3.04. The van der Waals surface area contributed by atoms with Crippen LogP contribution in [0.1, 0.15) is 22.3 Å². The zero-order valence-electron chi connectivity index (χ0n) is 19.6. The molecule has 0 saturated carbocycles. The molecule has 3 aromatic carbocycles. The number of hydrogen-bond acceptors (Lipinski definition) is 4. The lowest BCUT2D eigenvalue weighted by Crippen LogP contribution is -2.34. The molecule has 1 N–H and O–H groups in total. The second-order valence-corrected chi connectivity index (χ2v) is 8.61. The first-order valence-corrected chi connectivity index (χ1v) is 11.1. The Labute approximate surface area is 195 Å². The van der Waals surface area contributed by atoms with E-state index in [1.807, 2.05) is 106 Å². The van der Waals surface area contributed by atoms with Crippen LogP contribution in [0.15, 0.2) is 78.5 Å². The van der Waals surface area contributed by atoms with Crippen molar-refractivity contribution in [3.05, 3.63) is 101 Å². The highest BCUT2D eigenvalue weighted by Crippen LogP contribution is 2.32. The fourth-order valence-electron chi connectivity index (χ4n) is 3.93. The quantitative estimate of drug-likeness (QED) is 0.537. The second-order valence-electron chi connectivity index (χ2n) is 8.61. The van der Waals surface area contributed by atoms with Crippen LogP contribution in [0.3, 0.4) is 0 Å². The van der Waals surface area contributed by atoms with E-state index in [2.05, 4.69) is 5.32 Å². The molecule has 0 fully saturated rings. The summed E-state index contributed by atoms with van der Waals surface area (Å²) in [5, 5.41) is 3.25. The van der Waals surface area contributed by atoms with Gasteiger partial charge in [-0.05, 0) is 66.8 Å². The summed E-state index contributed by atoms with van der Waals surface area (Å²) < 4.78 is 0. The first-order valence-electron chi connectivity index (χ1n) is 11.1. The lowest BCUT2D eigenvalue weighted by molar-refractivity contribution is -0.136. The van der Waals surface area contributed by atoms with Crippen molar-refractivity contribution >= 4 is 28.8 Å². The largest absolute Gasteiger partial charge is 0.378 e. The van der Waals surface area contributed by atoms with Gasteiger partial charge in [0.1, 0.15) is 5.70 Å². The molecule has 2 amide bonds. The molecule has 168 valence electrons. The monoisotopic (exact) mass is 439 g/mol. The highest BCUT2D eigenvalue weighted by molar-refractivity contribution is 6.36. The van der Waals surface area contributed by atoms with E-state index in [4.69, 9.17) is 0 Å². The molecule has 0 aromatic heterocycles. The number of carbonyl (C=O) groups excluding carboxylic acids is 2. The summed E-state index contributed by atoms with van der Waals surface area (Å²) in [6.45, 7) is 4.38. The van der Waals surface area contributed by atoms with Gasteiger partial charge < -0.3 is 10.2 Å². The fourth-order valence-corrected chi connectivity index (χ4v) is 3.93. The summed E-state index contributed by atoms with van der Waals surface area (Å²) in [5.41, 5.74) is 6.65. The maximum atomic E-state index is 13.5. The van der Waals surface area contributed by atoms with Crippen LogP contribution in [-0.2, 0) is 16.0 Å². The van der Waals surface area contributed by atoms with E-state index in [1.165, 1.54) is 4.90 Å². The molecule has 1 aliphatic heterocycles. The maximum absolute atomic E-state index is 13.5. The zero-order chi connectivity index (χ0) is 23.5. The Morgan fingerprint density at radius 1 is 0.818 bits per heavy atom. The summed E-state index contributed by atoms with van der Waals surface area (Å²) >= 11 is 0. The van der Waals surface area contributed by atoms with Crippen LogP contribution in [0.25, 0.3) is 5.57 Å². The van der Waals surface area contributed by atoms with E-state index in [-0.39, 0.29) is 11.8 Å². The Bertz CT molecular complexity index is 1210. The van der Waals surface area contributed by atoms with Crippen LogP contribution in [0.5, 0.6) is 0 Å². The summed E-state index contributed by atoms with van der Waals surface area (Å²) in [7, 11) is 3.96. The van der Waals surface area contributed by atoms with Gasteiger partial charge in [0.05, 0.1) is 5.57 Å². The number of benzene rings is 3. The van der Waals surface area contributed by atoms with Crippen molar-refractivity contribution < 1.29 is 9.59 Å². The Morgan fingerprint density at radius 3 is 2.15 bits per heavy atom. The van der Waals surface area contributed by atoms with Gasteiger partial charge in [0.15, 0.2) is 0 Å². The first-order chi connectivity index (χ1) is 15.8. The molecular weight excluding hydrogens is 410 g/mol. The van der Waals surface area contributed by atoms with Gasteiger partial charge in [-0.1, -0.05) is 48.5 Å². The van der Waals surface area contributed by atoms with Gasteiger partial charge in [-0.3, -0.25) is 14.5 Å². The van der Waals surface area contributed by atoms with E-state index in [0.29, 0.717) is 24.2 Å². The van der Waals surface area contributed by atoms with Crippen molar-refractivity contribution in [2.75, 3.05) is 30.9 Å². The standard InChI is InChI=1S/C28H29N3O2/c1-19-10-11-22(18-20(19)2)25-26(29-23-12-14-24(15-13-23)30(3)4)28(33)31(27(25)32)17-16-21-8-6-5-7-9-21/h5-15,18,29H,16-17H2,1-4H3. The van der Waals surface area contributed by atoms with Crippen LogP contribution in [-0.4, -0.2) is 37.4 Å². The zero-order valence-corrected chi connectivity index (χ0v) is 19.6. The number of anilines is 2. The smallest absolute Gasteiger partial charge is 0.278 e. The Balaban J connectivity index is 1.68. The minimum Gasteiger partial charge on any atom is -0.378 e. The van der Waals surface area contributed by atoms with Crippen molar-refractivity contribution in [1.82, 2.24) is 4.90 Å². The summed E-state index contributed by atoms with van der Waals surface area (Å²) in [6, 6.07) is 23.6. The molecular formula is C28H29N3O2. The summed E-state index contributed by atoms with van der Waals surface area (Å²) in [6.07, 6.45) is 0.614. The minimum atomic E-state index is -0.291. The second kappa shape index (κ2) is 9.33. The van der Waals surface area contributed by atoms with Crippen molar-refractivity contribution in [3.63, 3.8) is 0 Å². The van der Waals surface area contributed by atoms with E-state index in [1.54, 1.807) is 0 Å². The molecule has 0 saturated heterocycles. The Hall–Kier alpha value is -3.86. The van der Waals surface area contributed by atoms with E-state index >= 15 is 0 Å². The molecule has 1 heterocycles. The highest BCUT2D eigenvalue weighted by atomic mass is 16.2. The summed E-state index contributed by atoms with van der Waals surface area (Å²) in [5.74, 6) is -0.549. The van der Waals surface area contributed by atoms with Crippen molar-refractivity contribution in [1.29, 1.82) is 0 Å². The van der Waals surface area contributed by atoms with Crippen LogP contribution >= 0.6 is 0 Å². The number of carbonyl (C=O) groups is 2. The van der Waals surface area contributed by atoms with Crippen molar-refractivity contribution in [2.24, 2.45) is 0 Å². The number of nitrogens with one attached hydrogen (secondary N) is 1. The lowest BCUT2D eigenvalue weighted by Gasteiger charge is -2.16. The van der Waals surface area contributed by atoms with Gasteiger partial charge in [0, 0.05) is 32.0 Å². The van der Waals surface area contributed by atoms with Crippen LogP contribution in [0, 0.1) is 13.8 Å². The molecule has 4 rings (SSSR count). The van der Waals surface area contributed by atoms with Gasteiger partial charge in [-0.2, -0.15) is 0 Å². The van der Waals surface area contributed by atoms with Gasteiger partial charge in [0.2, 0.25) is 0 Å². The fraction of sp³-hybridized carbons (Fsp3) is 0.214. The third kappa shape index (κ3) is 4.67. The highest BCUT2D eigenvalue weighted by Gasteiger charge is 2.39. The molecule has 33 heavy (non-hydrogen) atoms. The molecule has 0 spiro atoms. The molecule has 5 nitrogen and oxygen atoms in total. The minimum absolute atomic E-state index is 0.258. The van der Waals surface area contributed by atoms with Gasteiger partial charge in [-0.15, -0.1) is 0 Å². The van der Waals surface area contributed by atoms with Gasteiger partial charge in [0.25, 0.3) is 11.8 Å². The predicted octanol–water partition coefficient (Wildman–Crippen LogP) is 4.80. The van der Waals surface area contributed by atoms with E-state index < -0.39 is 0 Å². The van der Waals surface area contributed by atoms with Crippen molar-refractivity contribution in [2.45, 2.75) is 20.3 Å². The van der Waals surface area contributed by atoms with E-state index in [0.717, 1.165) is 33.6 Å². The molecule has 0 bridgehead atoms. The molecule has 5 heteroatoms. The SMILES string of the molecule is Cc1ccc(C2=C(Nc3ccc(N(C)C)cc3)C(=O)N(CCc3ccccc3)C2=O)cc1C. The molecule has 0 radical (unpaired) electrons. The number of rotatable bonds is 7. The summed E-state index contributed by atoms with van der Waals surface area (Å²) in [4.78, 5) is 30.3. The first kappa shape index (κ1) is 22.3. The number of amides is 2. The lowest BCUT2D eigenvalue weighted by atomic mass is 9.99. The number of hydrogen-bond donors (Lipinski definition) is 1. The molecule has 0 aliphatic carbocycles. The van der Waals surface area contributed by atoms with E-state index in [9.17, 15) is 9.59 Å². The molecule has 0 unspecified atom stereocenters. The van der Waals surface area contributed by atoms with Gasteiger partial charge >= 0.3 is 0 Å². The number of imide groups is 1. The van der Waals surface area contributed by atoms with Crippen LogP contribution < -0.4 is 10.2 Å². The predicted molar refractivity (Wildman–Crippen MR) is 134 cm³/mol. The van der Waals surface area contributed by atoms with Crippen LogP contribution in [0.4, 0.5) is 11.4 Å². The molecule has 0 atom stereocenters. The topological polar surface area (TPSA) is 52.7 Å². The third-order valence-electron chi connectivity index (χ3n) is 6.08. The molecule has 3 aromatic rings. The van der Waals surface area contributed by atoms with Crippen molar-refractivity contribution in [3.8, 4) is 0 Å². The maximum Gasteiger partial charge on any atom is 0.278 e. The van der Waals surface area contributed by atoms with Gasteiger partial charge in [-0.25, -0.2) is 0 Å². The average molecular weight is 440 g/mol. The van der Waals surface area contributed by atoms with Crippen LogP contribution in [0.2, 0.25) is 0 Å². The molecule has 1 aliphatic rings. The number of aryl methyl sites for hydroxylation is 2. The Morgan fingerprint density at radius 2 is 1.52 bits per heavy atom.